The highest BCUT2D eigenvalue weighted by Crippen LogP contribution is 2.29. The third-order valence-electron chi connectivity index (χ3n) is 6.87. The fourth-order valence-electron chi connectivity index (χ4n) is 4.87. The molecule has 1 fully saturated rings. The highest BCUT2D eigenvalue weighted by atomic mass is 16.2. The number of nitrogens with zero attached hydrogens (tertiary/aromatic N) is 4. The lowest BCUT2D eigenvalue weighted by Crippen LogP contribution is -2.50. The molecular weight excluding hydrogens is 436 g/mol. The van der Waals surface area contributed by atoms with Crippen molar-refractivity contribution < 1.29 is 9.59 Å². The van der Waals surface area contributed by atoms with Crippen LogP contribution in [0.5, 0.6) is 0 Å². The molecule has 6 nitrogen and oxygen atoms in total. The summed E-state index contributed by atoms with van der Waals surface area (Å²) in [7, 11) is 0. The molecule has 35 heavy (non-hydrogen) atoms. The van der Waals surface area contributed by atoms with Gasteiger partial charge in [0.2, 0.25) is 11.8 Å². The van der Waals surface area contributed by atoms with Crippen molar-refractivity contribution in [2.45, 2.75) is 26.7 Å². The number of benzene rings is 2. The molecule has 1 aliphatic rings. The first-order valence-electron chi connectivity index (χ1n) is 12.2. The van der Waals surface area contributed by atoms with Crippen LogP contribution in [0.15, 0.2) is 72.9 Å². The van der Waals surface area contributed by atoms with Crippen molar-refractivity contribution in [2.75, 3.05) is 26.2 Å². The van der Waals surface area contributed by atoms with Crippen LogP contribution in [0.3, 0.4) is 0 Å². The highest BCUT2D eigenvalue weighted by molar-refractivity contribution is 5.78. The van der Waals surface area contributed by atoms with Gasteiger partial charge in [-0.15, -0.1) is 0 Å². The molecular formula is C29H30N4O2. The molecule has 3 heterocycles. The van der Waals surface area contributed by atoms with Crippen LogP contribution >= 0.6 is 0 Å². The topological polar surface area (TPSA) is 57.9 Å². The molecule has 0 bridgehead atoms. The molecule has 0 N–H and O–H groups in total. The number of rotatable bonds is 5. The predicted octanol–water partition coefficient (Wildman–Crippen LogP) is 4.60. The molecule has 4 aromatic rings. The van der Waals surface area contributed by atoms with E-state index in [0.29, 0.717) is 39.0 Å². The average molecular weight is 467 g/mol. The molecule has 178 valence electrons. The molecule has 1 aliphatic heterocycles. The summed E-state index contributed by atoms with van der Waals surface area (Å²) >= 11 is 0. The van der Waals surface area contributed by atoms with E-state index in [2.05, 4.69) is 66.1 Å². The molecule has 0 saturated carbocycles. The van der Waals surface area contributed by atoms with Gasteiger partial charge >= 0.3 is 0 Å². The van der Waals surface area contributed by atoms with Gasteiger partial charge in [-0.25, -0.2) is 4.98 Å². The molecule has 2 amide bonds. The van der Waals surface area contributed by atoms with Gasteiger partial charge in [0.05, 0.1) is 11.4 Å². The standard InChI is InChI=1S/C29H30N4O2/c1-21-8-6-7-11-25(21)24-12-14-27-30-29(23-9-4-3-5-10-23)26(33(27)20-24)13-15-28(35)32-18-16-31(17-19-32)22(2)34/h3-12,14,20H,13,15-19H2,1-2H3. The molecule has 6 heteroatoms. The van der Waals surface area contributed by atoms with Crippen molar-refractivity contribution >= 4 is 17.5 Å². The van der Waals surface area contributed by atoms with Crippen molar-refractivity contribution in [1.82, 2.24) is 19.2 Å². The van der Waals surface area contributed by atoms with E-state index in [1.807, 2.05) is 23.1 Å². The van der Waals surface area contributed by atoms with Crippen molar-refractivity contribution in [2.24, 2.45) is 0 Å². The number of carbonyl (C=O) groups is 2. The third-order valence-corrected chi connectivity index (χ3v) is 6.87. The first-order chi connectivity index (χ1) is 17.0. The van der Waals surface area contributed by atoms with Gasteiger partial charge in [-0.3, -0.25) is 9.59 Å². The molecule has 2 aromatic carbocycles. The Bertz CT molecular complexity index is 1370. The van der Waals surface area contributed by atoms with E-state index < -0.39 is 0 Å². The van der Waals surface area contributed by atoms with Gasteiger partial charge in [-0.2, -0.15) is 0 Å². The summed E-state index contributed by atoms with van der Waals surface area (Å²) in [6, 6.07) is 22.7. The van der Waals surface area contributed by atoms with Crippen molar-refractivity contribution in [3.05, 3.63) is 84.2 Å². The molecule has 2 aromatic heterocycles. The first kappa shape index (κ1) is 22.8. The Morgan fingerprint density at radius 3 is 2.23 bits per heavy atom. The first-order valence-corrected chi connectivity index (χ1v) is 12.2. The van der Waals surface area contributed by atoms with Crippen LogP contribution in [-0.4, -0.2) is 57.2 Å². The Morgan fingerprint density at radius 1 is 0.829 bits per heavy atom. The second-order valence-corrected chi connectivity index (χ2v) is 9.12. The zero-order valence-electron chi connectivity index (χ0n) is 20.3. The molecule has 1 saturated heterocycles. The quantitative estimate of drug-likeness (QED) is 0.432. The summed E-state index contributed by atoms with van der Waals surface area (Å²) in [4.78, 5) is 33.3. The van der Waals surface area contributed by atoms with Crippen LogP contribution < -0.4 is 0 Å². The number of aromatic nitrogens is 2. The maximum Gasteiger partial charge on any atom is 0.223 e. The van der Waals surface area contributed by atoms with E-state index in [1.54, 1.807) is 11.8 Å². The van der Waals surface area contributed by atoms with Crippen LogP contribution in [0.4, 0.5) is 0 Å². The maximum absolute atomic E-state index is 13.1. The Morgan fingerprint density at radius 2 is 1.51 bits per heavy atom. The lowest BCUT2D eigenvalue weighted by atomic mass is 10.0. The monoisotopic (exact) mass is 466 g/mol. The Kier molecular flexibility index (Phi) is 6.36. The van der Waals surface area contributed by atoms with Gasteiger partial charge in [0.25, 0.3) is 0 Å². The SMILES string of the molecule is CC(=O)N1CCN(C(=O)CCc2c(-c3ccccc3)nc3ccc(-c4ccccc4C)cn23)CC1. The van der Waals surface area contributed by atoms with Crippen LogP contribution in [0.25, 0.3) is 28.0 Å². The van der Waals surface area contributed by atoms with E-state index in [0.717, 1.165) is 28.2 Å². The summed E-state index contributed by atoms with van der Waals surface area (Å²) in [6.45, 7) is 6.09. The number of fused-ring (bicyclic) bond motifs is 1. The van der Waals surface area contributed by atoms with Crippen molar-refractivity contribution in [3.8, 4) is 22.4 Å². The molecule has 0 unspecified atom stereocenters. The number of hydrogen-bond donors (Lipinski definition) is 0. The number of piperazine rings is 1. The van der Waals surface area contributed by atoms with Crippen molar-refractivity contribution in [3.63, 3.8) is 0 Å². The largest absolute Gasteiger partial charge is 0.339 e. The van der Waals surface area contributed by atoms with Gasteiger partial charge in [-0.1, -0.05) is 54.6 Å². The summed E-state index contributed by atoms with van der Waals surface area (Å²) in [6.07, 6.45) is 3.14. The number of pyridine rings is 1. The second-order valence-electron chi connectivity index (χ2n) is 9.12. The Labute approximate surface area is 205 Å². The maximum atomic E-state index is 13.1. The number of hydrogen-bond acceptors (Lipinski definition) is 3. The van der Waals surface area contributed by atoms with E-state index >= 15 is 0 Å². The molecule has 0 radical (unpaired) electrons. The number of imidazole rings is 1. The highest BCUT2D eigenvalue weighted by Gasteiger charge is 2.23. The van der Waals surface area contributed by atoms with E-state index in [4.69, 9.17) is 4.98 Å². The Balaban J connectivity index is 1.46. The van der Waals surface area contributed by atoms with Gasteiger partial charge in [0.15, 0.2) is 0 Å². The number of aryl methyl sites for hydroxylation is 2. The zero-order valence-corrected chi connectivity index (χ0v) is 20.3. The summed E-state index contributed by atoms with van der Waals surface area (Å²) < 4.78 is 2.14. The molecule has 0 spiro atoms. The second kappa shape index (κ2) is 9.74. The summed E-state index contributed by atoms with van der Waals surface area (Å²) in [5.41, 5.74) is 7.41. The third kappa shape index (κ3) is 4.69. The normalized spacial score (nSPS) is 13.9. The van der Waals surface area contributed by atoms with E-state index in [1.165, 1.54) is 11.1 Å². The minimum absolute atomic E-state index is 0.0692. The fraction of sp³-hybridized carbons (Fsp3) is 0.276. The summed E-state index contributed by atoms with van der Waals surface area (Å²) in [5.74, 6) is 0.192. The number of amides is 2. The number of carbonyl (C=O) groups excluding carboxylic acids is 2. The minimum Gasteiger partial charge on any atom is -0.339 e. The van der Waals surface area contributed by atoms with Crippen LogP contribution in [-0.2, 0) is 16.0 Å². The average Bonchev–Trinajstić information content (AvgIpc) is 3.26. The molecule has 0 aliphatic carbocycles. The van der Waals surface area contributed by atoms with Gasteiger partial charge in [0.1, 0.15) is 5.65 Å². The smallest absolute Gasteiger partial charge is 0.223 e. The predicted molar refractivity (Wildman–Crippen MR) is 138 cm³/mol. The molecule has 0 atom stereocenters. The fourth-order valence-corrected chi connectivity index (χ4v) is 4.87. The van der Waals surface area contributed by atoms with Crippen LogP contribution in [0.2, 0.25) is 0 Å². The Hall–Kier alpha value is -3.93. The lowest BCUT2D eigenvalue weighted by Gasteiger charge is -2.34. The van der Waals surface area contributed by atoms with Crippen LogP contribution in [0, 0.1) is 6.92 Å². The molecule has 5 rings (SSSR count). The van der Waals surface area contributed by atoms with E-state index in [9.17, 15) is 9.59 Å². The van der Waals surface area contributed by atoms with E-state index in [-0.39, 0.29) is 11.8 Å². The summed E-state index contributed by atoms with van der Waals surface area (Å²) in [5, 5.41) is 0. The van der Waals surface area contributed by atoms with Gasteiger partial charge in [-0.05, 0) is 42.2 Å². The van der Waals surface area contributed by atoms with Crippen molar-refractivity contribution in [1.29, 1.82) is 0 Å². The zero-order chi connectivity index (χ0) is 24.4. The van der Waals surface area contributed by atoms with Gasteiger partial charge < -0.3 is 14.2 Å². The minimum atomic E-state index is 0.0692. The van der Waals surface area contributed by atoms with Gasteiger partial charge in [0, 0.05) is 51.3 Å². The lowest BCUT2D eigenvalue weighted by molar-refractivity contribution is -0.138. The van der Waals surface area contributed by atoms with Crippen LogP contribution in [0.1, 0.15) is 24.6 Å².